The predicted octanol–water partition coefficient (Wildman–Crippen LogP) is 0.430. The fourth-order valence-corrected chi connectivity index (χ4v) is 1.20. The molecule has 0 heterocycles. The lowest BCUT2D eigenvalue weighted by atomic mass is 10.3. The third-order valence-electron chi connectivity index (χ3n) is 1.32. The van der Waals surface area contributed by atoms with E-state index in [4.69, 9.17) is 16.0 Å². The molecule has 0 amide bonds. The van der Waals surface area contributed by atoms with Crippen LogP contribution in [0.5, 0.6) is 0 Å². The summed E-state index contributed by atoms with van der Waals surface area (Å²) in [6, 6.07) is 3.39. The number of nitrogens with two attached hydrogens (primary N) is 1. The first-order chi connectivity index (χ1) is 5.41. The molecule has 0 spiro atoms. The first-order valence-corrected chi connectivity index (χ1v) is 4.44. The van der Waals surface area contributed by atoms with E-state index in [1.807, 2.05) is 0 Å². The molecule has 65 valence electrons. The summed E-state index contributed by atoms with van der Waals surface area (Å²) in [7, 11) is -4.22. The van der Waals surface area contributed by atoms with Crippen LogP contribution in [-0.2, 0) is 10.1 Å². The molecule has 4 N–H and O–H groups in total. The second-order valence-electron chi connectivity index (χ2n) is 2.22. The molecule has 1 radical (unpaired) electrons. The van der Waals surface area contributed by atoms with Gasteiger partial charge in [-0.25, -0.2) is 0 Å². The third kappa shape index (κ3) is 1.66. The molecule has 1 aromatic rings. The van der Waals surface area contributed by atoms with Gasteiger partial charge in [0, 0.05) is 0 Å². The Kier molecular flexibility index (Phi) is 1.95. The lowest BCUT2D eigenvalue weighted by molar-refractivity contribution is 0.483. The van der Waals surface area contributed by atoms with Gasteiger partial charge >= 0.3 is 0 Å². The lowest BCUT2D eigenvalue weighted by Gasteiger charge is -2.00. The summed E-state index contributed by atoms with van der Waals surface area (Å²) in [5.74, 6) is 0. The van der Waals surface area contributed by atoms with E-state index in [1.54, 1.807) is 0 Å². The quantitative estimate of drug-likeness (QED) is 0.491. The van der Waals surface area contributed by atoms with Gasteiger partial charge in [-0.3, -0.25) is 10.3 Å². The van der Waals surface area contributed by atoms with Crippen LogP contribution in [-0.4, -0.2) is 13.0 Å². The van der Waals surface area contributed by atoms with Crippen LogP contribution >= 0.6 is 0 Å². The number of nitrogens with one attached hydrogen (secondary N) is 1. The van der Waals surface area contributed by atoms with Crippen molar-refractivity contribution in [1.82, 2.24) is 5.73 Å². The highest BCUT2D eigenvalue weighted by atomic mass is 32.2. The van der Waals surface area contributed by atoms with Crippen LogP contribution in [0.1, 0.15) is 0 Å². The number of nitrogen functional groups attached to an aromatic ring is 1. The van der Waals surface area contributed by atoms with Crippen LogP contribution in [0, 0.1) is 0 Å². The predicted molar refractivity (Wildman–Crippen MR) is 43.4 cm³/mol. The van der Waals surface area contributed by atoms with Crippen molar-refractivity contribution in [2.24, 2.45) is 0 Å². The second kappa shape index (κ2) is 2.65. The highest BCUT2D eigenvalue weighted by Gasteiger charge is 2.10. The molecular formula is C6H7N2O3S. The van der Waals surface area contributed by atoms with Crippen LogP contribution < -0.4 is 11.5 Å². The molecule has 12 heavy (non-hydrogen) atoms. The van der Waals surface area contributed by atoms with E-state index >= 15 is 0 Å². The Hall–Kier alpha value is -1.27. The van der Waals surface area contributed by atoms with E-state index in [9.17, 15) is 8.42 Å². The van der Waals surface area contributed by atoms with Crippen molar-refractivity contribution in [3.8, 4) is 0 Å². The van der Waals surface area contributed by atoms with Gasteiger partial charge in [-0.05, 0) is 18.2 Å². The summed E-state index contributed by atoms with van der Waals surface area (Å²) in [5, 5.41) is 0. The minimum absolute atomic E-state index is 0.120. The molecule has 0 unspecified atom stereocenters. The second-order valence-corrected chi connectivity index (χ2v) is 3.65. The highest BCUT2D eigenvalue weighted by Crippen LogP contribution is 2.20. The molecule has 0 saturated heterocycles. The number of hydrogen-bond acceptors (Lipinski definition) is 3. The Morgan fingerprint density at radius 3 is 2.42 bits per heavy atom. The van der Waals surface area contributed by atoms with Gasteiger partial charge in [-0.2, -0.15) is 8.42 Å². The molecule has 0 aliphatic rings. The van der Waals surface area contributed by atoms with Crippen LogP contribution in [0.15, 0.2) is 23.1 Å². The van der Waals surface area contributed by atoms with Crippen molar-refractivity contribution in [3.05, 3.63) is 18.2 Å². The largest absolute Gasteiger partial charge is 0.397 e. The maximum atomic E-state index is 10.5. The zero-order valence-corrected chi connectivity index (χ0v) is 6.80. The van der Waals surface area contributed by atoms with Gasteiger partial charge in [0.05, 0.1) is 16.3 Å². The van der Waals surface area contributed by atoms with Crippen LogP contribution in [0.3, 0.4) is 0 Å². The van der Waals surface area contributed by atoms with E-state index in [2.05, 4.69) is 0 Å². The zero-order valence-electron chi connectivity index (χ0n) is 5.98. The molecule has 0 aliphatic carbocycles. The first kappa shape index (κ1) is 8.82. The van der Waals surface area contributed by atoms with Gasteiger partial charge < -0.3 is 5.73 Å². The molecule has 1 aromatic carbocycles. The van der Waals surface area contributed by atoms with Crippen LogP contribution in [0.25, 0.3) is 0 Å². The number of rotatable bonds is 1. The summed E-state index contributed by atoms with van der Waals surface area (Å²) in [5.41, 5.74) is 12.5. The molecule has 0 aliphatic heterocycles. The molecule has 5 nitrogen and oxygen atoms in total. The molecule has 0 fully saturated rings. The van der Waals surface area contributed by atoms with Crippen LogP contribution in [0.4, 0.5) is 11.4 Å². The van der Waals surface area contributed by atoms with E-state index < -0.39 is 10.1 Å². The van der Waals surface area contributed by atoms with Crippen LogP contribution in [0.2, 0.25) is 0 Å². The standard InChI is InChI=1S/C6H7N2O3S/c7-5-2-1-4(3-6(5)8)12(9,10)11/h1-3,8H,7H2,(H,9,10,11). The summed E-state index contributed by atoms with van der Waals surface area (Å²) < 4.78 is 29.6. The summed E-state index contributed by atoms with van der Waals surface area (Å²) >= 11 is 0. The lowest BCUT2D eigenvalue weighted by Crippen LogP contribution is -1.98. The smallest absolute Gasteiger partial charge is 0.294 e. The van der Waals surface area contributed by atoms with Gasteiger partial charge in [-0.1, -0.05) is 0 Å². The SMILES string of the molecule is [NH]c1cc(S(=O)(=O)O)ccc1N. The molecule has 0 atom stereocenters. The average Bonchev–Trinajstić information content (AvgIpc) is 1.92. The van der Waals surface area contributed by atoms with Crippen molar-refractivity contribution in [2.45, 2.75) is 4.90 Å². The zero-order chi connectivity index (χ0) is 9.35. The molecule has 0 saturated carbocycles. The Morgan fingerprint density at radius 1 is 1.42 bits per heavy atom. The summed E-state index contributed by atoms with van der Waals surface area (Å²) in [4.78, 5) is -0.318. The van der Waals surface area contributed by atoms with Crippen molar-refractivity contribution >= 4 is 21.5 Å². The molecule has 0 aromatic heterocycles. The minimum atomic E-state index is -4.22. The fourth-order valence-electron chi connectivity index (χ4n) is 0.696. The Labute approximate surface area is 69.7 Å². The molecule has 6 heteroatoms. The average molecular weight is 187 g/mol. The monoisotopic (exact) mass is 187 g/mol. The molecule has 0 bridgehead atoms. The van der Waals surface area contributed by atoms with E-state index in [0.29, 0.717) is 0 Å². The number of hydrogen-bond donors (Lipinski definition) is 2. The van der Waals surface area contributed by atoms with Crippen molar-refractivity contribution in [2.75, 3.05) is 5.73 Å². The Morgan fingerprint density at radius 2 is 2.00 bits per heavy atom. The number of anilines is 1. The van der Waals surface area contributed by atoms with Gasteiger partial charge in [-0.15, -0.1) is 0 Å². The minimum Gasteiger partial charge on any atom is -0.397 e. The topological polar surface area (TPSA) is 104 Å². The maximum absolute atomic E-state index is 10.5. The highest BCUT2D eigenvalue weighted by molar-refractivity contribution is 7.85. The van der Waals surface area contributed by atoms with E-state index in [1.165, 1.54) is 6.07 Å². The van der Waals surface area contributed by atoms with Crippen molar-refractivity contribution in [1.29, 1.82) is 0 Å². The van der Waals surface area contributed by atoms with Crippen molar-refractivity contribution < 1.29 is 13.0 Å². The first-order valence-electron chi connectivity index (χ1n) is 3.00. The molecular weight excluding hydrogens is 180 g/mol. The fraction of sp³-hybridized carbons (Fsp3) is 0. The maximum Gasteiger partial charge on any atom is 0.294 e. The normalized spacial score (nSPS) is 11.4. The number of benzene rings is 1. The molecule has 1 rings (SSSR count). The Bertz CT molecular complexity index is 399. The van der Waals surface area contributed by atoms with Gasteiger partial charge in [0.1, 0.15) is 0 Å². The van der Waals surface area contributed by atoms with E-state index in [-0.39, 0.29) is 16.3 Å². The van der Waals surface area contributed by atoms with E-state index in [0.717, 1.165) is 12.1 Å². The van der Waals surface area contributed by atoms with Gasteiger partial charge in [0.15, 0.2) is 0 Å². The van der Waals surface area contributed by atoms with Crippen molar-refractivity contribution in [3.63, 3.8) is 0 Å². The third-order valence-corrected chi connectivity index (χ3v) is 2.17. The summed E-state index contributed by atoms with van der Waals surface area (Å²) in [6.07, 6.45) is 0. The van der Waals surface area contributed by atoms with Gasteiger partial charge in [0.25, 0.3) is 10.1 Å². The summed E-state index contributed by atoms with van der Waals surface area (Å²) in [6.45, 7) is 0. The Balaban J connectivity index is 3.33. The van der Waals surface area contributed by atoms with Gasteiger partial charge in [0.2, 0.25) is 0 Å².